The lowest BCUT2D eigenvalue weighted by atomic mass is 10.3. The molecule has 1 aliphatic heterocycles. The number of hydrogen-bond acceptors (Lipinski definition) is 7. The zero-order valence-electron chi connectivity index (χ0n) is 12.6. The van der Waals surface area contributed by atoms with E-state index in [0.29, 0.717) is 18.7 Å². The number of halogens is 1. The summed E-state index contributed by atoms with van der Waals surface area (Å²) < 4.78 is 23.1. The van der Waals surface area contributed by atoms with Crippen LogP contribution in [-0.2, 0) is 20.0 Å². The highest BCUT2D eigenvalue weighted by molar-refractivity contribution is 7.52. The predicted octanol–water partition coefficient (Wildman–Crippen LogP) is 2.90. The summed E-state index contributed by atoms with van der Waals surface area (Å²) in [6.07, 6.45) is -0.0396. The number of rotatable bonds is 5. The van der Waals surface area contributed by atoms with Crippen molar-refractivity contribution in [2.75, 3.05) is 37.8 Å². The largest absolute Gasteiger partial charge is 0.378 e. The summed E-state index contributed by atoms with van der Waals surface area (Å²) in [4.78, 5) is 21.2. The molecule has 2 aromatic heterocycles. The highest BCUT2D eigenvalue weighted by Crippen LogP contribution is 2.48. The van der Waals surface area contributed by atoms with Gasteiger partial charge >= 0.3 is 7.60 Å². The van der Waals surface area contributed by atoms with Crippen molar-refractivity contribution >= 4 is 46.6 Å². The van der Waals surface area contributed by atoms with Gasteiger partial charge in [-0.05, 0) is 24.6 Å². The number of anilines is 1. The van der Waals surface area contributed by atoms with Gasteiger partial charge in [0.1, 0.15) is 0 Å². The van der Waals surface area contributed by atoms with Crippen molar-refractivity contribution in [1.29, 1.82) is 0 Å². The summed E-state index contributed by atoms with van der Waals surface area (Å²) in [6.45, 7) is 4.62. The second kappa shape index (κ2) is 7.01. The Bertz CT molecular complexity index is 750. The second-order valence-corrected chi connectivity index (χ2v) is 8.38. The number of nitrogens with zero attached hydrogens (tertiary/aromatic N) is 3. The highest BCUT2D eigenvalue weighted by atomic mass is 35.5. The molecule has 2 aromatic rings. The molecule has 1 aliphatic rings. The van der Waals surface area contributed by atoms with Gasteiger partial charge in [0.25, 0.3) is 0 Å². The van der Waals surface area contributed by atoms with Crippen LogP contribution < -0.4 is 4.90 Å². The van der Waals surface area contributed by atoms with Gasteiger partial charge in [0.2, 0.25) is 5.28 Å². The van der Waals surface area contributed by atoms with E-state index >= 15 is 0 Å². The van der Waals surface area contributed by atoms with E-state index in [1.54, 1.807) is 13.0 Å². The van der Waals surface area contributed by atoms with Crippen molar-refractivity contribution < 1.29 is 18.7 Å². The Balaban J connectivity index is 1.96. The molecule has 0 aliphatic carbocycles. The second-order valence-electron chi connectivity index (χ2n) is 5.06. The fourth-order valence-corrected chi connectivity index (χ4v) is 5.25. The van der Waals surface area contributed by atoms with Gasteiger partial charge in [0, 0.05) is 18.0 Å². The van der Waals surface area contributed by atoms with Gasteiger partial charge in [-0.15, -0.1) is 11.3 Å². The zero-order chi connectivity index (χ0) is 16.4. The normalized spacial score (nSPS) is 18.3. The lowest BCUT2D eigenvalue weighted by Gasteiger charge is -2.28. The fraction of sp³-hybridized carbons (Fsp3) is 0.538. The van der Waals surface area contributed by atoms with Crippen LogP contribution >= 0.6 is 30.5 Å². The van der Waals surface area contributed by atoms with Crippen LogP contribution in [0.3, 0.4) is 0 Å². The minimum Gasteiger partial charge on any atom is -0.378 e. The third-order valence-electron chi connectivity index (χ3n) is 3.37. The van der Waals surface area contributed by atoms with Crippen molar-refractivity contribution in [2.24, 2.45) is 0 Å². The molecule has 0 saturated carbocycles. The average molecular weight is 378 g/mol. The molecule has 0 spiro atoms. The van der Waals surface area contributed by atoms with E-state index < -0.39 is 7.60 Å². The summed E-state index contributed by atoms with van der Waals surface area (Å²) in [7, 11) is -3.63. The Morgan fingerprint density at radius 1 is 1.48 bits per heavy atom. The van der Waals surface area contributed by atoms with E-state index in [1.165, 1.54) is 11.3 Å². The molecule has 0 amide bonds. The van der Waals surface area contributed by atoms with Crippen molar-refractivity contribution in [1.82, 2.24) is 9.97 Å². The van der Waals surface area contributed by atoms with E-state index in [1.807, 2.05) is 0 Å². The van der Waals surface area contributed by atoms with Gasteiger partial charge in [-0.1, -0.05) is 0 Å². The standard InChI is InChI=1S/C13H17ClN3O4PS/c1-2-21-22(18,19)8-9-7-10-11(23-9)12(16-13(14)15-10)17-3-5-20-6-4-17/h7H,2-6,8H2,1H3,(H,18,19). The number of morpholine rings is 1. The number of aromatic nitrogens is 2. The summed E-state index contributed by atoms with van der Waals surface area (Å²) in [5.74, 6) is 0.753. The van der Waals surface area contributed by atoms with Crippen LogP contribution in [0.2, 0.25) is 5.28 Å². The van der Waals surface area contributed by atoms with Crippen LogP contribution in [0, 0.1) is 0 Å². The van der Waals surface area contributed by atoms with Gasteiger partial charge < -0.3 is 19.1 Å². The maximum Gasteiger partial charge on any atom is 0.333 e. The molecular formula is C13H17ClN3O4PS. The predicted molar refractivity (Wildman–Crippen MR) is 90.6 cm³/mol. The summed E-state index contributed by atoms with van der Waals surface area (Å²) in [5, 5.41) is 0.167. The summed E-state index contributed by atoms with van der Waals surface area (Å²) in [6, 6.07) is 1.78. The Morgan fingerprint density at radius 3 is 2.91 bits per heavy atom. The Labute approximate surface area is 142 Å². The van der Waals surface area contributed by atoms with Gasteiger partial charge in [-0.2, -0.15) is 4.98 Å². The van der Waals surface area contributed by atoms with E-state index in [-0.39, 0.29) is 18.1 Å². The molecule has 1 atom stereocenters. The van der Waals surface area contributed by atoms with Gasteiger partial charge in [0.15, 0.2) is 5.82 Å². The van der Waals surface area contributed by atoms with Crippen molar-refractivity contribution in [2.45, 2.75) is 13.1 Å². The number of thiophene rings is 1. The number of hydrogen-bond donors (Lipinski definition) is 1. The van der Waals surface area contributed by atoms with Crippen LogP contribution in [0.5, 0.6) is 0 Å². The third-order valence-corrected chi connectivity index (χ3v) is 6.28. The first-order valence-electron chi connectivity index (χ1n) is 7.23. The Hall–Kier alpha value is -0.760. The maximum absolute atomic E-state index is 12.0. The molecule has 0 radical (unpaired) electrons. The summed E-state index contributed by atoms with van der Waals surface area (Å²) >= 11 is 7.43. The monoisotopic (exact) mass is 377 g/mol. The van der Waals surface area contributed by atoms with Gasteiger partial charge in [-0.3, -0.25) is 4.57 Å². The quantitative estimate of drug-likeness (QED) is 0.633. The molecule has 126 valence electrons. The van der Waals surface area contributed by atoms with E-state index in [0.717, 1.165) is 28.5 Å². The van der Waals surface area contributed by atoms with Gasteiger partial charge in [0.05, 0.1) is 36.2 Å². The topological polar surface area (TPSA) is 84.8 Å². The molecular weight excluding hydrogens is 361 g/mol. The van der Waals surface area contributed by atoms with Crippen LogP contribution in [0.25, 0.3) is 10.2 Å². The first-order valence-corrected chi connectivity index (χ1v) is 10.2. The molecule has 3 heterocycles. The van der Waals surface area contributed by atoms with E-state index in [4.69, 9.17) is 20.9 Å². The minimum atomic E-state index is -3.63. The molecule has 0 aromatic carbocycles. The van der Waals surface area contributed by atoms with Gasteiger partial charge in [-0.25, -0.2) is 4.98 Å². The Morgan fingerprint density at radius 2 is 2.22 bits per heavy atom. The molecule has 7 nitrogen and oxygen atoms in total. The summed E-state index contributed by atoms with van der Waals surface area (Å²) in [5.41, 5.74) is 0.683. The smallest absolute Gasteiger partial charge is 0.333 e. The molecule has 1 saturated heterocycles. The first kappa shape index (κ1) is 17.1. The molecule has 0 bridgehead atoms. The zero-order valence-corrected chi connectivity index (χ0v) is 15.0. The fourth-order valence-electron chi connectivity index (χ4n) is 2.45. The number of fused-ring (bicyclic) bond motifs is 1. The molecule has 1 unspecified atom stereocenters. The first-order chi connectivity index (χ1) is 11.0. The number of ether oxygens (including phenoxy) is 1. The lowest BCUT2D eigenvalue weighted by molar-refractivity contribution is 0.122. The molecule has 10 heteroatoms. The van der Waals surface area contributed by atoms with Crippen LogP contribution in [0.15, 0.2) is 6.07 Å². The Kier molecular flexibility index (Phi) is 5.20. The third kappa shape index (κ3) is 4.02. The van der Waals surface area contributed by atoms with E-state index in [2.05, 4.69) is 14.9 Å². The van der Waals surface area contributed by atoms with Crippen LogP contribution in [0.1, 0.15) is 11.8 Å². The highest BCUT2D eigenvalue weighted by Gasteiger charge is 2.23. The average Bonchev–Trinajstić information content (AvgIpc) is 2.88. The van der Waals surface area contributed by atoms with Crippen molar-refractivity contribution in [3.8, 4) is 0 Å². The maximum atomic E-state index is 12.0. The molecule has 1 fully saturated rings. The lowest BCUT2D eigenvalue weighted by Crippen LogP contribution is -2.36. The van der Waals surface area contributed by atoms with Crippen LogP contribution in [0.4, 0.5) is 5.82 Å². The van der Waals surface area contributed by atoms with E-state index in [9.17, 15) is 9.46 Å². The molecule has 1 N–H and O–H groups in total. The molecule has 23 heavy (non-hydrogen) atoms. The molecule has 3 rings (SSSR count). The van der Waals surface area contributed by atoms with Crippen molar-refractivity contribution in [3.05, 3.63) is 16.2 Å². The SMILES string of the molecule is CCOP(=O)(O)Cc1cc2nc(Cl)nc(N3CCOCC3)c2s1. The van der Waals surface area contributed by atoms with Crippen LogP contribution in [-0.4, -0.2) is 47.8 Å². The minimum absolute atomic E-state index is 0.0396. The van der Waals surface area contributed by atoms with Crippen molar-refractivity contribution in [3.63, 3.8) is 0 Å².